The second-order valence-corrected chi connectivity index (χ2v) is 7.89. The van der Waals surface area contributed by atoms with Crippen molar-refractivity contribution >= 4 is 23.4 Å². The third-order valence-corrected chi connectivity index (χ3v) is 4.53. The Bertz CT molecular complexity index is 617. The minimum Gasteiger partial charge on any atom is -0.481 e. The molecule has 1 saturated carbocycles. The number of carbonyl (C=O) groups excluding carboxylic acids is 1. The number of carboxylic acids is 1. The number of anilines is 2. The van der Waals surface area contributed by atoms with Gasteiger partial charge in [-0.05, 0) is 24.8 Å². The highest BCUT2D eigenvalue weighted by molar-refractivity contribution is 5.94. The molecule has 25 heavy (non-hydrogen) atoms. The Morgan fingerprint density at radius 2 is 1.92 bits per heavy atom. The van der Waals surface area contributed by atoms with Crippen LogP contribution < -0.4 is 10.6 Å². The number of rotatable bonds is 6. The molecular weight excluding hydrogens is 318 g/mol. The number of nitrogens with zero attached hydrogens (tertiary/aromatic N) is 1. The van der Waals surface area contributed by atoms with Gasteiger partial charge in [-0.1, -0.05) is 40.0 Å². The molecule has 1 aromatic heterocycles. The van der Waals surface area contributed by atoms with Crippen LogP contribution in [0.5, 0.6) is 0 Å². The van der Waals surface area contributed by atoms with Crippen LogP contribution in [0.3, 0.4) is 0 Å². The van der Waals surface area contributed by atoms with Crippen molar-refractivity contribution < 1.29 is 14.7 Å². The lowest BCUT2D eigenvalue weighted by Crippen LogP contribution is -2.27. The van der Waals surface area contributed by atoms with E-state index in [1.165, 1.54) is 32.1 Å². The van der Waals surface area contributed by atoms with E-state index >= 15 is 0 Å². The van der Waals surface area contributed by atoms with Gasteiger partial charge in [-0.15, -0.1) is 0 Å². The molecule has 1 amide bonds. The molecule has 0 aliphatic heterocycles. The minimum absolute atomic E-state index is 0.126. The Morgan fingerprint density at radius 3 is 2.52 bits per heavy atom. The van der Waals surface area contributed by atoms with E-state index in [0.717, 1.165) is 6.54 Å². The molecule has 1 aromatic rings. The number of hydrogen-bond donors (Lipinski definition) is 3. The first-order valence-electron chi connectivity index (χ1n) is 9.02. The lowest BCUT2D eigenvalue weighted by molar-refractivity contribution is -0.136. The van der Waals surface area contributed by atoms with Crippen LogP contribution in [0.2, 0.25) is 0 Å². The molecule has 1 aliphatic rings. The molecule has 0 radical (unpaired) electrons. The zero-order chi connectivity index (χ0) is 18.4. The van der Waals surface area contributed by atoms with E-state index in [1.807, 2.05) is 20.8 Å². The van der Waals surface area contributed by atoms with Gasteiger partial charge in [0.05, 0.1) is 18.3 Å². The van der Waals surface area contributed by atoms with Gasteiger partial charge in [0, 0.05) is 17.5 Å². The topological polar surface area (TPSA) is 91.3 Å². The number of aliphatic carboxylic acids is 1. The fourth-order valence-corrected chi connectivity index (χ4v) is 2.99. The molecule has 3 N–H and O–H groups in total. The van der Waals surface area contributed by atoms with Crippen LogP contribution in [0.15, 0.2) is 12.3 Å². The van der Waals surface area contributed by atoms with Crippen LogP contribution in [-0.4, -0.2) is 28.5 Å². The molecule has 2 rings (SSSR count). The number of nitrogens with one attached hydrogen (secondary N) is 2. The van der Waals surface area contributed by atoms with Crippen LogP contribution in [0.25, 0.3) is 0 Å². The Hall–Kier alpha value is -2.11. The monoisotopic (exact) mass is 347 g/mol. The molecule has 1 fully saturated rings. The number of carboxylic acid groups (broad SMARTS) is 1. The molecule has 0 spiro atoms. The van der Waals surface area contributed by atoms with E-state index in [4.69, 9.17) is 5.11 Å². The summed E-state index contributed by atoms with van der Waals surface area (Å²) in [5, 5.41) is 15.3. The summed E-state index contributed by atoms with van der Waals surface area (Å²) in [5.74, 6) is 0.176. The fourth-order valence-electron chi connectivity index (χ4n) is 2.99. The molecule has 6 heteroatoms. The maximum Gasteiger partial charge on any atom is 0.307 e. The summed E-state index contributed by atoms with van der Waals surface area (Å²) in [6.07, 6.45) is 7.71. The molecule has 0 atom stereocenters. The van der Waals surface area contributed by atoms with Gasteiger partial charge in [0.25, 0.3) is 0 Å². The van der Waals surface area contributed by atoms with Crippen molar-refractivity contribution in [2.75, 3.05) is 17.2 Å². The number of amides is 1. The van der Waals surface area contributed by atoms with Crippen molar-refractivity contribution in [2.24, 2.45) is 11.3 Å². The van der Waals surface area contributed by atoms with Crippen LogP contribution in [0.1, 0.15) is 58.4 Å². The van der Waals surface area contributed by atoms with E-state index in [1.54, 1.807) is 12.3 Å². The minimum atomic E-state index is -0.915. The largest absolute Gasteiger partial charge is 0.481 e. The second kappa shape index (κ2) is 8.32. The Labute approximate surface area is 149 Å². The van der Waals surface area contributed by atoms with Gasteiger partial charge < -0.3 is 15.7 Å². The van der Waals surface area contributed by atoms with Crippen molar-refractivity contribution in [3.05, 3.63) is 17.8 Å². The SMILES string of the molecule is CC(C)(C)C(=O)Nc1cnc(NCC2CCCCC2)c(CC(=O)O)c1. The van der Waals surface area contributed by atoms with Gasteiger partial charge in [0.15, 0.2) is 0 Å². The van der Waals surface area contributed by atoms with Gasteiger partial charge in [-0.2, -0.15) is 0 Å². The average Bonchev–Trinajstić information content (AvgIpc) is 2.53. The lowest BCUT2D eigenvalue weighted by atomic mass is 9.89. The Kier molecular flexibility index (Phi) is 6.39. The molecule has 1 heterocycles. The molecule has 0 aromatic carbocycles. The van der Waals surface area contributed by atoms with Crippen LogP contribution in [0, 0.1) is 11.3 Å². The van der Waals surface area contributed by atoms with Gasteiger partial charge in [-0.3, -0.25) is 9.59 Å². The van der Waals surface area contributed by atoms with E-state index in [2.05, 4.69) is 15.6 Å². The van der Waals surface area contributed by atoms with Crippen molar-refractivity contribution in [1.29, 1.82) is 0 Å². The molecule has 6 nitrogen and oxygen atoms in total. The van der Waals surface area contributed by atoms with E-state index in [9.17, 15) is 9.59 Å². The van der Waals surface area contributed by atoms with Gasteiger partial charge in [-0.25, -0.2) is 4.98 Å². The molecule has 0 saturated heterocycles. The number of aromatic nitrogens is 1. The summed E-state index contributed by atoms with van der Waals surface area (Å²) >= 11 is 0. The third kappa shape index (κ3) is 6.03. The van der Waals surface area contributed by atoms with Crippen molar-refractivity contribution in [3.63, 3.8) is 0 Å². The number of hydrogen-bond acceptors (Lipinski definition) is 4. The van der Waals surface area contributed by atoms with Crippen molar-refractivity contribution in [3.8, 4) is 0 Å². The van der Waals surface area contributed by atoms with Gasteiger partial charge >= 0.3 is 5.97 Å². The quantitative estimate of drug-likeness (QED) is 0.730. The summed E-state index contributed by atoms with van der Waals surface area (Å²) in [5.41, 5.74) is 0.597. The average molecular weight is 347 g/mol. The van der Waals surface area contributed by atoms with E-state index in [-0.39, 0.29) is 12.3 Å². The Balaban J connectivity index is 2.09. The van der Waals surface area contributed by atoms with Gasteiger partial charge in [0.1, 0.15) is 5.82 Å². The maximum atomic E-state index is 12.1. The lowest BCUT2D eigenvalue weighted by Gasteiger charge is -2.23. The highest BCUT2D eigenvalue weighted by Crippen LogP contribution is 2.25. The first-order chi connectivity index (χ1) is 11.8. The second-order valence-electron chi connectivity index (χ2n) is 7.89. The maximum absolute atomic E-state index is 12.1. The molecule has 138 valence electrons. The van der Waals surface area contributed by atoms with Crippen LogP contribution >= 0.6 is 0 Å². The molecule has 1 aliphatic carbocycles. The molecule has 0 bridgehead atoms. The smallest absolute Gasteiger partial charge is 0.307 e. The summed E-state index contributed by atoms with van der Waals surface area (Å²) < 4.78 is 0. The highest BCUT2D eigenvalue weighted by atomic mass is 16.4. The highest BCUT2D eigenvalue weighted by Gasteiger charge is 2.22. The normalized spacial score (nSPS) is 15.6. The summed E-state index contributed by atoms with van der Waals surface area (Å²) in [6, 6.07) is 1.70. The first kappa shape index (κ1) is 19.2. The standard InChI is InChI=1S/C19H29N3O3/c1-19(2,3)18(25)22-15-9-14(10-16(23)24)17(21-12-15)20-11-13-7-5-4-6-8-13/h9,12-13H,4-8,10-11H2,1-3H3,(H,20,21)(H,22,25)(H,23,24). The number of carbonyl (C=O) groups is 2. The zero-order valence-electron chi connectivity index (χ0n) is 15.4. The fraction of sp³-hybridized carbons (Fsp3) is 0.632. The summed E-state index contributed by atoms with van der Waals surface area (Å²) in [4.78, 5) is 27.7. The first-order valence-corrected chi connectivity index (χ1v) is 9.02. The predicted octanol–water partition coefficient (Wildman–Crippen LogP) is 3.69. The van der Waals surface area contributed by atoms with E-state index < -0.39 is 11.4 Å². The van der Waals surface area contributed by atoms with Crippen molar-refractivity contribution in [1.82, 2.24) is 4.98 Å². The number of pyridine rings is 1. The predicted molar refractivity (Wildman–Crippen MR) is 98.7 cm³/mol. The zero-order valence-corrected chi connectivity index (χ0v) is 15.4. The Morgan fingerprint density at radius 1 is 1.24 bits per heavy atom. The third-order valence-electron chi connectivity index (χ3n) is 4.53. The van der Waals surface area contributed by atoms with Crippen LogP contribution in [-0.2, 0) is 16.0 Å². The van der Waals surface area contributed by atoms with E-state index in [0.29, 0.717) is 23.0 Å². The van der Waals surface area contributed by atoms with Crippen molar-refractivity contribution in [2.45, 2.75) is 59.3 Å². The molecular formula is C19H29N3O3. The van der Waals surface area contributed by atoms with Gasteiger partial charge in [0.2, 0.25) is 5.91 Å². The summed E-state index contributed by atoms with van der Waals surface area (Å²) in [6.45, 7) is 6.30. The molecule has 0 unspecified atom stereocenters. The van der Waals surface area contributed by atoms with Crippen LogP contribution in [0.4, 0.5) is 11.5 Å². The summed E-state index contributed by atoms with van der Waals surface area (Å²) in [7, 11) is 0.